The van der Waals surface area contributed by atoms with Crippen LogP contribution in [0.25, 0.3) is 17.3 Å². The summed E-state index contributed by atoms with van der Waals surface area (Å²) in [6.45, 7) is 0. The van der Waals surface area contributed by atoms with E-state index in [0.717, 1.165) is 17.4 Å². The van der Waals surface area contributed by atoms with Crippen molar-refractivity contribution in [2.75, 3.05) is 18.2 Å². The smallest absolute Gasteiger partial charge is 0.296 e. The maximum absolute atomic E-state index is 12.5. The van der Waals surface area contributed by atoms with Crippen molar-refractivity contribution in [2.24, 2.45) is 0 Å². The van der Waals surface area contributed by atoms with Crippen LogP contribution in [0.5, 0.6) is 5.75 Å². The second-order valence-corrected chi connectivity index (χ2v) is 7.37. The molecule has 0 radical (unpaired) electrons. The van der Waals surface area contributed by atoms with E-state index in [0.29, 0.717) is 22.5 Å². The monoisotopic (exact) mass is 451 g/mol. The van der Waals surface area contributed by atoms with E-state index in [1.807, 2.05) is 30.3 Å². The van der Waals surface area contributed by atoms with Crippen molar-refractivity contribution in [1.82, 2.24) is 14.8 Å². The van der Waals surface area contributed by atoms with Crippen LogP contribution in [0.2, 0.25) is 0 Å². The van der Waals surface area contributed by atoms with Crippen molar-refractivity contribution in [1.29, 1.82) is 0 Å². The predicted octanol–water partition coefficient (Wildman–Crippen LogP) is 4.17. The SMILES string of the molecule is COc1ccc(NC(=O)CSc2nnc(-c3ccco3)n2-c2ccccc2)c([N+](=O)[O-])c1. The summed E-state index contributed by atoms with van der Waals surface area (Å²) in [5.41, 5.74) is 0.634. The second kappa shape index (κ2) is 9.35. The standard InChI is InChI=1S/C21H17N5O5S/c1-30-15-9-10-16(17(12-15)26(28)29)22-19(27)13-32-21-24-23-20(18-8-5-11-31-18)25(21)14-6-3-2-4-7-14/h2-12H,13H2,1H3,(H,22,27). The highest BCUT2D eigenvalue weighted by Gasteiger charge is 2.20. The molecule has 0 fully saturated rings. The minimum absolute atomic E-state index is 0.0354. The van der Waals surface area contributed by atoms with Gasteiger partial charge in [0.1, 0.15) is 11.4 Å². The van der Waals surface area contributed by atoms with Crippen LogP contribution in [-0.2, 0) is 4.79 Å². The molecule has 0 unspecified atom stereocenters. The minimum Gasteiger partial charge on any atom is -0.496 e. The number of rotatable bonds is 8. The van der Waals surface area contributed by atoms with E-state index < -0.39 is 10.8 Å². The average Bonchev–Trinajstić information content (AvgIpc) is 3.48. The number of carbonyl (C=O) groups excluding carboxylic acids is 1. The van der Waals surface area contributed by atoms with Crippen molar-refractivity contribution in [3.05, 3.63) is 77.0 Å². The van der Waals surface area contributed by atoms with Gasteiger partial charge in [-0.1, -0.05) is 30.0 Å². The van der Waals surface area contributed by atoms with Gasteiger partial charge >= 0.3 is 0 Å². The molecule has 0 saturated heterocycles. The third kappa shape index (κ3) is 4.47. The van der Waals surface area contributed by atoms with Crippen molar-refractivity contribution in [3.8, 4) is 23.0 Å². The summed E-state index contributed by atoms with van der Waals surface area (Å²) in [5, 5.41) is 22.8. The first-order valence-electron chi connectivity index (χ1n) is 9.36. The number of hydrogen-bond acceptors (Lipinski definition) is 8. The van der Waals surface area contributed by atoms with Gasteiger partial charge in [0.05, 0.1) is 30.1 Å². The number of methoxy groups -OCH3 is 1. The number of amides is 1. The molecule has 10 nitrogen and oxygen atoms in total. The van der Waals surface area contributed by atoms with Crippen LogP contribution in [0.3, 0.4) is 0 Å². The molecule has 2 heterocycles. The van der Waals surface area contributed by atoms with Gasteiger partial charge in [0.25, 0.3) is 5.69 Å². The fraction of sp³-hybridized carbons (Fsp3) is 0.0952. The van der Waals surface area contributed by atoms with Crippen molar-refractivity contribution < 1.29 is 18.9 Å². The number of carbonyl (C=O) groups is 1. The minimum atomic E-state index is -0.576. The van der Waals surface area contributed by atoms with Crippen molar-refractivity contribution >= 4 is 29.0 Å². The average molecular weight is 451 g/mol. The van der Waals surface area contributed by atoms with E-state index in [2.05, 4.69) is 15.5 Å². The van der Waals surface area contributed by atoms with Gasteiger partial charge in [0, 0.05) is 5.69 Å². The molecule has 4 rings (SSSR count). The number of anilines is 1. The summed E-state index contributed by atoms with van der Waals surface area (Å²) in [4.78, 5) is 23.3. The maximum Gasteiger partial charge on any atom is 0.296 e. The van der Waals surface area contributed by atoms with Gasteiger partial charge in [-0.25, -0.2) is 0 Å². The number of benzene rings is 2. The Morgan fingerprint density at radius 1 is 1.19 bits per heavy atom. The molecule has 0 saturated carbocycles. The molecule has 2 aromatic carbocycles. The number of nitro benzene ring substituents is 1. The molecule has 0 aliphatic carbocycles. The van der Waals surface area contributed by atoms with Crippen LogP contribution in [0.1, 0.15) is 0 Å². The highest BCUT2D eigenvalue weighted by atomic mass is 32.2. The fourth-order valence-electron chi connectivity index (χ4n) is 2.95. The van der Waals surface area contributed by atoms with E-state index in [9.17, 15) is 14.9 Å². The lowest BCUT2D eigenvalue weighted by atomic mass is 10.2. The predicted molar refractivity (Wildman–Crippen MR) is 118 cm³/mol. The second-order valence-electron chi connectivity index (χ2n) is 6.43. The van der Waals surface area contributed by atoms with Crippen LogP contribution in [0.15, 0.2) is 76.5 Å². The lowest BCUT2D eigenvalue weighted by molar-refractivity contribution is -0.384. The van der Waals surface area contributed by atoms with Gasteiger partial charge in [-0.3, -0.25) is 19.5 Å². The number of nitro groups is 1. The zero-order chi connectivity index (χ0) is 22.5. The van der Waals surface area contributed by atoms with Crippen LogP contribution in [0.4, 0.5) is 11.4 Å². The first-order valence-corrected chi connectivity index (χ1v) is 10.3. The van der Waals surface area contributed by atoms with Gasteiger partial charge in [-0.05, 0) is 36.4 Å². The molecule has 0 atom stereocenters. The molecular formula is C21H17N5O5S. The third-order valence-corrected chi connectivity index (χ3v) is 5.33. The summed E-state index contributed by atoms with van der Waals surface area (Å²) in [5.74, 6) is 0.893. The molecule has 0 aliphatic rings. The maximum atomic E-state index is 12.5. The van der Waals surface area contributed by atoms with Crippen LogP contribution >= 0.6 is 11.8 Å². The molecule has 0 spiro atoms. The van der Waals surface area contributed by atoms with E-state index in [1.54, 1.807) is 23.0 Å². The van der Waals surface area contributed by atoms with Crippen molar-refractivity contribution in [3.63, 3.8) is 0 Å². The topological polar surface area (TPSA) is 125 Å². The summed E-state index contributed by atoms with van der Waals surface area (Å²) in [6, 6.07) is 17.2. The fourth-order valence-corrected chi connectivity index (χ4v) is 3.70. The molecule has 0 aliphatic heterocycles. The molecule has 2 aromatic heterocycles. The van der Waals surface area contributed by atoms with E-state index >= 15 is 0 Å². The van der Waals surface area contributed by atoms with Gasteiger partial charge < -0.3 is 14.5 Å². The van der Waals surface area contributed by atoms with Gasteiger partial charge in [0.2, 0.25) is 11.7 Å². The Morgan fingerprint density at radius 2 is 2.00 bits per heavy atom. The summed E-state index contributed by atoms with van der Waals surface area (Å²) in [6.07, 6.45) is 1.54. The normalized spacial score (nSPS) is 10.7. The molecule has 1 N–H and O–H groups in total. The largest absolute Gasteiger partial charge is 0.496 e. The Bertz CT molecular complexity index is 1240. The number of aromatic nitrogens is 3. The van der Waals surface area contributed by atoms with Crippen molar-refractivity contribution in [2.45, 2.75) is 5.16 Å². The molecule has 32 heavy (non-hydrogen) atoms. The summed E-state index contributed by atoms with van der Waals surface area (Å²) < 4.78 is 12.3. The first kappa shape index (κ1) is 21.1. The molecule has 1 amide bonds. The Labute approximate surface area is 186 Å². The zero-order valence-electron chi connectivity index (χ0n) is 16.8. The first-order chi connectivity index (χ1) is 15.6. The number of thioether (sulfide) groups is 1. The Morgan fingerprint density at radius 3 is 2.69 bits per heavy atom. The highest BCUT2D eigenvalue weighted by molar-refractivity contribution is 7.99. The van der Waals surface area contributed by atoms with Gasteiger partial charge in [0.15, 0.2) is 10.9 Å². The Balaban J connectivity index is 1.55. The lowest BCUT2D eigenvalue weighted by Crippen LogP contribution is -2.15. The quantitative estimate of drug-likeness (QED) is 0.240. The number of furan rings is 1. The Hall–Kier alpha value is -4.12. The Kier molecular flexibility index (Phi) is 6.17. The number of para-hydroxylation sites is 1. The van der Waals surface area contributed by atoms with E-state index in [4.69, 9.17) is 9.15 Å². The van der Waals surface area contributed by atoms with E-state index in [1.165, 1.54) is 25.3 Å². The van der Waals surface area contributed by atoms with Gasteiger partial charge in [-0.15, -0.1) is 10.2 Å². The lowest BCUT2D eigenvalue weighted by Gasteiger charge is -2.10. The highest BCUT2D eigenvalue weighted by Crippen LogP contribution is 2.30. The summed E-state index contributed by atoms with van der Waals surface area (Å²) in [7, 11) is 1.41. The third-order valence-electron chi connectivity index (χ3n) is 4.40. The zero-order valence-corrected chi connectivity index (χ0v) is 17.6. The molecule has 0 bridgehead atoms. The van der Waals surface area contributed by atoms with Crippen LogP contribution in [0, 0.1) is 10.1 Å². The number of nitrogens with zero attached hydrogens (tertiary/aromatic N) is 4. The summed E-state index contributed by atoms with van der Waals surface area (Å²) >= 11 is 1.15. The van der Waals surface area contributed by atoms with Crippen LogP contribution in [-0.4, -0.2) is 38.5 Å². The number of nitrogens with one attached hydrogen (secondary N) is 1. The number of hydrogen-bond donors (Lipinski definition) is 1. The molecule has 11 heteroatoms. The molecule has 4 aromatic rings. The number of ether oxygens (including phenoxy) is 1. The molecular weight excluding hydrogens is 434 g/mol. The molecule has 162 valence electrons. The van der Waals surface area contributed by atoms with Gasteiger partial charge in [-0.2, -0.15) is 0 Å². The van der Waals surface area contributed by atoms with E-state index in [-0.39, 0.29) is 17.1 Å². The van der Waals surface area contributed by atoms with Crippen LogP contribution < -0.4 is 10.1 Å².